The molecule has 1 atom stereocenters. The van der Waals surface area contributed by atoms with Crippen LogP contribution in [0.25, 0.3) is 0 Å². The highest BCUT2D eigenvalue weighted by atomic mass is 19.1. The van der Waals surface area contributed by atoms with Gasteiger partial charge in [-0.3, -0.25) is 4.79 Å². The zero-order valence-electron chi connectivity index (χ0n) is 14.5. The van der Waals surface area contributed by atoms with E-state index in [9.17, 15) is 9.18 Å². The Hall–Kier alpha value is -2.56. The van der Waals surface area contributed by atoms with Crippen LogP contribution in [0.5, 0.6) is 0 Å². The Morgan fingerprint density at radius 2 is 1.56 bits per heavy atom. The molecule has 0 aromatic heterocycles. The van der Waals surface area contributed by atoms with E-state index < -0.39 is 6.04 Å². The topological polar surface area (TPSA) is 44.4 Å². The van der Waals surface area contributed by atoms with Gasteiger partial charge in [-0.2, -0.15) is 0 Å². The molecule has 132 valence electrons. The fourth-order valence-electron chi connectivity index (χ4n) is 3.02. The maximum Gasteiger partial charge on any atom is 0.246 e. The molecule has 1 heterocycles. The lowest BCUT2D eigenvalue weighted by Crippen LogP contribution is -2.32. The fourth-order valence-corrected chi connectivity index (χ4v) is 3.02. The first-order chi connectivity index (χ1) is 12.1. The molecule has 2 aromatic rings. The molecule has 1 fully saturated rings. The molecule has 0 radical (unpaired) electrons. The predicted octanol–water partition coefficient (Wildman–Crippen LogP) is 4.26. The van der Waals surface area contributed by atoms with E-state index in [2.05, 4.69) is 27.7 Å². The number of amides is 1. The molecular formula is C20H24FN3O. The van der Waals surface area contributed by atoms with E-state index in [4.69, 9.17) is 0 Å². The SMILES string of the molecule is C[C@H](Nc1ccc(N2CCCCC2)cc1)C(=O)Nc1ccc(F)cc1. The van der Waals surface area contributed by atoms with Crippen LogP contribution < -0.4 is 15.5 Å². The van der Waals surface area contributed by atoms with Crippen LogP contribution in [0.3, 0.4) is 0 Å². The minimum atomic E-state index is -0.397. The zero-order valence-corrected chi connectivity index (χ0v) is 14.5. The number of nitrogens with one attached hydrogen (secondary N) is 2. The van der Waals surface area contributed by atoms with Crippen LogP contribution in [0.15, 0.2) is 48.5 Å². The molecule has 1 aliphatic rings. The maximum atomic E-state index is 12.9. The molecule has 0 bridgehead atoms. The number of halogens is 1. The van der Waals surface area contributed by atoms with Crippen LogP contribution in [0.4, 0.5) is 21.5 Å². The predicted molar refractivity (Wildman–Crippen MR) is 101 cm³/mol. The number of carbonyl (C=O) groups excluding carboxylic acids is 1. The Morgan fingerprint density at radius 3 is 2.20 bits per heavy atom. The summed E-state index contributed by atoms with van der Waals surface area (Å²) in [6.45, 7) is 4.03. The smallest absolute Gasteiger partial charge is 0.246 e. The molecule has 2 aromatic carbocycles. The molecule has 3 rings (SSSR count). The number of hydrogen-bond acceptors (Lipinski definition) is 3. The van der Waals surface area contributed by atoms with E-state index in [0.29, 0.717) is 5.69 Å². The first kappa shape index (κ1) is 17.3. The number of benzene rings is 2. The third-order valence-electron chi connectivity index (χ3n) is 4.48. The second kappa shape index (κ2) is 8.01. The molecule has 5 heteroatoms. The van der Waals surface area contributed by atoms with Crippen molar-refractivity contribution in [3.63, 3.8) is 0 Å². The van der Waals surface area contributed by atoms with E-state index in [0.717, 1.165) is 18.8 Å². The molecule has 4 nitrogen and oxygen atoms in total. The third kappa shape index (κ3) is 4.72. The first-order valence-electron chi connectivity index (χ1n) is 8.80. The average molecular weight is 341 g/mol. The second-order valence-electron chi connectivity index (χ2n) is 6.46. The average Bonchev–Trinajstić information content (AvgIpc) is 2.65. The quantitative estimate of drug-likeness (QED) is 0.854. The lowest BCUT2D eigenvalue weighted by molar-refractivity contribution is -0.116. The first-order valence-corrected chi connectivity index (χ1v) is 8.80. The van der Waals surface area contributed by atoms with Crippen LogP contribution >= 0.6 is 0 Å². The lowest BCUT2D eigenvalue weighted by atomic mass is 10.1. The normalized spacial score (nSPS) is 15.5. The van der Waals surface area contributed by atoms with Crippen LogP contribution in [0.2, 0.25) is 0 Å². The Balaban J connectivity index is 1.55. The highest BCUT2D eigenvalue weighted by molar-refractivity contribution is 5.96. The summed E-state index contributed by atoms with van der Waals surface area (Å²) in [7, 11) is 0. The molecule has 0 saturated carbocycles. The lowest BCUT2D eigenvalue weighted by Gasteiger charge is -2.29. The van der Waals surface area contributed by atoms with E-state index in [1.165, 1.54) is 37.1 Å². The number of hydrogen-bond donors (Lipinski definition) is 2. The Labute approximate surface area is 148 Å². The molecule has 0 spiro atoms. The summed E-state index contributed by atoms with van der Waals surface area (Å²) in [4.78, 5) is 14.6. The van der Waals surface area contributed by atoms with Gasteiger partial charge in [0.05, 0.1) is 0 Å². The number of carbonyl (C=O) groups is 1. The fraction of sp³-hybridized carbons (Fsp3) is 0.350. The summed E-state index contributed by atoms with van der Waals surface area (Å²) in [5, 5.41) is 5.97. The highest BCUT2D eigenvalue weighted by Gasteiger charge is 2.14. The van der Waals surface area contributed by atoms with Crippen molar-refractivity contribution >= 4 is 23.0 Å². The summed E-state index contributed by atoms with van der Waals surface area (Å²) in [5.41, 5.74) is 2.72. The van der Waals surface area contributed by atoms with Gasteiger partial charge >= 0.3 is 0 Å². The number of piperidine rings is 1. The molecule has 1 aliphatic heterocycles. The third-order valence-corrected chi connectivity index (χ3v) is 4.48. The van der Waals surface area contributed by atoms with Gasteiger partial charge in [0.15, 0.2) is 0 Å². The van der Waals surface area contributed by atoms with Crippen LogP contribution in [-0.4, -0.2) is 25.0 Å². The number of rotatable bonds is 5. The molecule has 0 unspecified atom stereocenters. The van der Waals surface area contributed by atoms with E-state index in [1.54, 1.807) is 19.1 Å². The van der Waals surface area contributed by atoms with E-state index in [-0.39, 0.29) is 11.7 Å². The maximum absolute atomic E-state index is 12.9. The summed E-state index contributed by atoms with van der Waals surface area (Å²) in [5.74, 6) is -0.482. The molecule has 1 amide bonds. The molecule has 2 N–H and O–H groups in total. The van der Waals surface area contributed by atoms with Crippen LogP contribution in [0, 0.1) is 5.82 Å². The van der Waals surface area contributed by atoms with Crippen molar-refractivity contribution in [1.82, 2.24) is 0 Å². The van der Waals surface area contributed by atoms with Gasteiger partial charge < -0.3 is 15.5 Å². The standard InChI is InChI=1S/C20H24FN3O/c1-15(20(25)23-18-7-5-16(21)6-8-18)22-17-9-11-19(12-10-17)24-13-3-2-4-14-24/h5-12,15,22H,2-4,13-14H2,1H3,(H,23,25)/t15-/m0/s1. The van der Waals surface area contributed by atoms with Gasteiger partial charge in [-0.25, -0.2) is 4.39 Å². The largest absolute Gasteiger partial charge is 0.374 e. The van der Waals surface area contributed by atoms with Crippen LogP contribution in [-0.2, 0) is 4.79 Å². The van der Waals surface area contributed by atoms with Crippen molar-refractivity contribution in [2.75, 3.05) is 28.6 Å². The van der Waals surface area contributed by atoms with Crippen molar-refractivity contribution in [2.45, 2.75) is 32.2 Å². The Bertz CT molecular complexity index is 694. The van der Waals surface area contributed by atoms with Crippen molar-refractivity contribution in [2.24, 2.45) is 0 Å². The van der Waals surface area contributed by atoms with Gasteiger partial charge in [0.2, 0.25) is 5.91 Å². The molecular weight excluding hydrogens is 317 g/mol. The summed E-state index contributed by atoms with van der Waals surface area (Å²) in [6, 6.07) is 13.6. The van der Waals surface area contributed by atoms with Gasteiger partial charge in [-0.15, -0.1) is 0 Å². The monoisotopic (exact) mass is 341 g/mol. The minimum absolute atomic E-state index is 0.160. The van der Waals surface area contributed by atoms with Crippen LogP contribution in [0.1, 0.15) is 26.2 Å². The van der Waals surface area contributed by atoms with Gasteiger partial charge in [0, 0.05) is 30.2 Å². The second-order valence-corrected chi connectivity index (χ2v) is 6.46. The van der Waals surface area contributed by atoms with E-state index >= 15 is 0 Å². The van der Waals surface area contributed by atoms with Crippen molar-refractivity contribution in [1.29, 1.82) is 0 Å². The van der Waals surface area contributed by atoms with E-state index in [1.807, 2.05) is 12.1 Å². The highest BCUT2D eigenvalue weighted by Crippen LogP contribution is 2.22. The van der Waals surface area contributed by atoms with Gasteiger partial charge in [0.25, 0.3) is 0 Å². The Morgan fingerprint density at radius 1 is 0.960 bits per heavy atom. The minimum Gasteiger partial charge on any atom is -0.374 e. The summed E-state index contributed by atoms with van der Waals surface area (Å²) in [6.07, 6.45) is 3.82. The summed E-state index contributed by atoms with van der Waals surface area (Å²) >= 11 is 0. The van der Waals surface area contributed by atoms with Crippen molar-refractivity contribution < 1.29 is 9.18 Å². The van der Waals surface area contributed by atoms with Crippen molar-refractivity contribution in [3.8, 4) is 0 Å². The summed E-state index contributed by atoms with van der Waals surface area (Å²) < 4.78 is 12.9. The number of anilines is 3. The van der Waals surface area contributed by atoms with Gasteiger partial charge in [-0.1, -0.05) is 0 Å². The Kier molecular flexibility index (Phi) is 5.53. The van der Waals surface area contributed by atoms with Gasteiger partial charge in [0.1, 0.15) is 11.9 Å². The molecule has 25 heavy (non-hydrogen) atoms. The van der Waals surface area contributed by atoms with Crippen molar-refractivity contribution in [3.05, 3.63) is 54.3 Å². The molecule has 0 aliphatic carbocycles. The van der Waals surface area contributed by atoms with Gasteiger partial charge in [-0.05, 0) is 74.7 Å². The zero-order chi connectivity index (χ0) is 17.6. The molecule has 1 saturated heterocycles. The number of nitrogens with zero attached hydrogens (tertiary/aromatic N) is 1.